The molecule has 0 radical (unpaired) electrons. The molecular weight excluding hydrogens is 309 g/mol. The second-order valence-corrected chi connectivity index (χ2v) is 6.09. The molecule has 0 heterocycles. The van der Waals surface area contributed by atoms with Crippen molar-refractivity contribution in [3.8, 4) is 6.07 Å². The van der Waals surface area contributed by atoms with Crippen LogP contribution in [0.1, 0.15) is 38.8 Å². The van der Waals surface area contributed by atoms with E-state index in [1.54, 1.807) is 0 Å². The van der Waals surface area contributed by atoms with E-state index in [4.69, 9.17) is 5.26 Å². The van der Waals surface area contributed by atoms with Crippen molar-refractivity contribution in [2.24, 2.45) is 0 Å². The largest absolute Gasteiger partial charge is 0.197 e. The fraction of sp³-hybridized carbons (Fsp3) is 0.500. The van der Waals surface area contributed by atoms with Crippen LogP contribution in [0.4, 0.5) is 0 Å². The van der Waals surface area contributed by atoms with Crippen LogP contribution in [0.15, 0.2) is 24.3 Å². The smallest absolute Gasteiger partial charge is 0.0766 e. The molecule has 1 aromatic carbocycles. The molecule has 0 aliphatic heterocycles. The van der Waals surface area contributed by atoms with Crippen LogP contribution in [0.25, 0.3) is 0 Å². The average molecular weight is 327 g/mol. The summed E-state index contributed by atoms with van der Waals surface area (Å²) in [5.41, 5.74) is 2.23. The van der Waals surface area contributed by atoms with E-state index < -0.39 is 5.41 Å². The normalized spacial score (nSPS) is 12.2. The molecule has 0 aliphatic carbocycles. The zero-order valence-electron chi connectivity index (χ0n) is 10.3. The van der Waals surface area contributed by atoms with E-state index in [1.807, 2.05) is 13.8 Å². The topological polar surface area (TPSA) is 23.8 Å². The van der Waals surface area contributed by atoms with Gasteiger partial charge in [0.1, 0.15) is 0 Å². The van der Waals surface area contributed by atoms with Crippen LogP contribution in [0, 0.1) is 11.3 Å². The average Bonchev–Trinajstić information content (AvgIpc) is 2.29. The van der Waals surface area contributed by atoms with E-state index in [0.717, 1.165) is 9.99 Å². The molecule has 1 aromatic rings. The van der Waals surface area contributed by atoms with Crippen molar-refractivity contribution < 1.29 is 0 Å². The van der Waals surface area contributed by atoms with Gasteiger partial charge >= 0.3 is 0 Å². The molecule has 0 fully saturated rings. The fourth-order valence-corrected chi connectivity index (χ4v) is 1.92. The molecule has 0 saturated heterocycles. The third-order valence-electron chi connectivity index (χ3n) is 3.00. The third-order valence-corrected chi connectivity index (χ3v) is 4.91. The molecule has 1 nitrogen and oxygen atoms in total. The van der Waals surface area contributed by atoms with Crippen LogP contribution >= 0.6 is 22.6 Å². The van der Waals surface area contributed by atoms with Crippen LogP contribution in [0.2, 0.25) is 0 Å². The van der Waals surface area contributed by atoms with Crippen LogP contribution in [0.5, 0.6) is 0 Å². The van der Waals surface area contributed by atoms with Crippen molar-refractivity contribution in [3.63, 3.8) is 0 Å². The first-order chi connectivity index (χ1) is 7.33. The van der Waals surface area contributed by atoms with Gasteiger partial charge in [-0.05, 0) is 30.4 Å². The molecule has 0 spiro atoms. The standard InChI is InChI=1S/C14H18IN/c1-13(2,9-15)11-5-7-12(8-6-11)14(3,4)10-16/h5-8H,9H2,1-4H3. The number of hydrogen-bond acceptors (Lipinski definition) is 1. The number of nitriles is 1. The number of rotatable bonds is 3. The maximum Gasteiger partial charge on any atom is 0.0766 e. The third kappa shape index (κ3) is 2.76. The summed E-state index contributed by atoms with van der Waals surface area (Å²) >= 11 is 2.41. The summed E-state index contributed by atoms with van der Waals surface area (Å²) in [6.45, 7) is 8.38. The fourth-order valence-electron chi connectivity index (χ4n) is 1.48. The second kappa shape index (κ2) is 4.75. The summed E-state index contributed by atoms with van der Waals surface area (Å²) < 4.78 is 1.09. The summed E-state index contributed by atoms with van der Waals surface area (Å²) in [5, 5.41) is 9.07. The Morgan fingerprint density at radius 3 is 1.88 bits per heavy atom. The summed E-state index contributed by atoms with van der Waals surface area (Å²) in [6, 6.07) is 10.8. The molecule has 0 N–H and O–H groups in total. The Hall–Kier alpha value is -0.560. The summed E-state index contributed by atoms with van der Waals surface area (Å²) in [6.07, 6.45) is 0. The van der Waals surface area contributed by atoms with E-state index in [2.05, 4.69) is 66.8 Å². The Kier molecular flexibility index (Phi) is 4.01. The molecule has 86 valence electrons. The van der Waals surface area contributed by atoms with Crippen molar-refractivity contribution in [3.05, 3.63) is 35.4 Å². The van der Waals surface area contributed by atoms with Gasteiger partial charge in [0.15, 0.2) is 0 Å². The molecule has 0 aliphatic rings. The number of benzene rings is 1. The van der Waals surface area contributed by atoms with E-state index in [9.17, 15) is 0 Å². The van der Waals surface area contributed by atoms with Gasteiger partial charge in [-0.25, -0.2) is 0 Å². The number of hydrogen-bond donors (Lipinski definition) is 0. The van der Waals surface area contributed by atoms with Crippen molar-refractivity contribution in [2.45, 2.75) is 38.5 Å². The van der Waals surface area contributed by atoms with Crippen LogP contribution < -0.4 is 0 Å². The monoisotopic (exact) mass is 327 g/mol. The number of halogens is 1. The minimum Gasteiger partial charge on any atom is -0.197 e. The lowest BCUT2D eigenvalue weighted by atomic mass is 9.82. The summed E-state index contributed by atoms with van der Waals surface area (Å²) in [5.74, 6) is 0. The van der Waals surface area contributed by atoms with Crippen molar-refractivity contribution in [2.75, 3.05) is 4.43 Å². The SMILES string of the molecule is CC(C)(C#N)c1ccc(C(C)(C)CI)cc1. The highest BCUT2D eigenvalue weighted by Gasteiger charge is 2.22. The number of alkyl halides is 1. The highest BCUT2D eigenvalue weighted by Crippen LogP contribution is 2.28. The Morgan fingerprint density at radius 1 is 1.06 bits per heavy atom. The van der Waals surface area contributed by atoms with Gasteiger partial charge in [-0.3, -0.25) is 0 Å². The van der Waals surface area contributed by atoms with Crippen LogP contribution in [-0.4, -0.2) is 4.43 Å². The van der Waals surface area contributed by atoms with Gasteiger partial charge in [0.2, 0.25) is 0 Å². The Bertz CT molecular complexity index is 396. The Balaban J connectivity index is 3.06. The highest BCUT2D eigenvalue weighted by molar-refractivity contribution is 14.1. The van der Waals surface area contributed by atoms with Gasteiger partial charge in [-0.15, -0.1) is 0 Å². The minimum absolute atomic E-state index is 0.204. The van der Waals surface area contributed by atoms with Crippen molar-refractivity contribution in [1.82, 2.24) is 0 Å². The summed E-state index contributed by atoms with van der Waals surface area (Å²) in [7, 11) is 0. The lowest BCUT2D eigenvalue weighted by Gasteiger charge is -2.24. The first-order valence-electron chi connectivity index (χ1n) is 5.42. The molecular formula is C14H18IN. The van der Waals surface area contributed by atoms with Crippen LogP contribution in [-0.2, 0) is 10.8 Å². The lowest BCUT2D eigenvalue weighted by molar-refractivity contribution is 0.609. The summed E-state index contributed by atoms with van der Waals surface area (Å²) in [4.78, 5) is 0. The maximum atomic E-state index is 9.07. The predicted octanol–water partition coefficient (Wildman–Crippen LogP) is 4.20. The second-order valence-electron chi connectivity index (χ2n) is 5.33. The van der Waals surface area contributed by atoms with Gasteiger partial charge in [0.25, 0.3) is 0 Å². The van der Waals surface area contributed by atoms with E-state index in [1.165, 1.54) is 5.56 Å². The molecule has 16 heavy (non-hydrogen) atoms. The van der Waals surface area contributed by atoms with Gasteiger partial charge in [0.05, 0.1) is 11.5 Å². The predicted molar refractivity (Wildman–Crippen MR) is 77.0 cm³/mol. The maximum absolute atomic E-state index is 9.07. The Morgan fingerprint density at radius 2 is 1.50 bits per heavy atom. The molecule has 0 unspecified atom stereocenters. The van der Waals surface area contributed by atoms with Gasteiger partial charge in [0, 0.05) is 4.43 Å². The first kappa shape index (κ1) is 13.5. The molecule has 0 aromatic heterocycles. The van der Waals surface area contributed by atoms with Crippen molar-refractivity contribution in [1.29, 1.82) is 5.26 Å². The molecule has 0 amide bonds. The molecule has 2 heteroatoms. The van der Waals surface area contributed by atoms with Crippen molar-refractivity contribution >= 4 is 22.6 Å². The van der Waals surface area contributed by atoms with E-state index in [0.29, 0.717) is 0 Å². The van der Waals surface area contributed by atoms with Gasteiger partial charge in [-0.1, -0.05) is 60.7 Å². The highest BCUT2D eigenvalue weighted by atomic mass is 127. The van der Waals surface area contributed by atoms with Gasteiger partial charge in [-0.2, -0.15) is 5.26 Å². The van der Waals surface area contributed by atoms with E-state index in [-0.39, 0.29) is 5.41 Å². The van der Waals surface area contributed by atoms with Gasteiger partial charge < -0.3 is 0 Å². The molecule has 0 atom stereocenters. The zero-order valence-corrected chi connectivity index (χ0v) is 12.5. The van der Waals surface area contributed by atoms with Crippen LogP contribution in [0.3, 0.4) is 0 Å². The quantitative estimate of drug-likeness (QED) is 0.603. The number of nitrogens with zero attached hydrogens (tertiary/aromatic N) is 1. The van der Waals surface area contributed by atoms with E-state index >= 15 is 0 Å². The molecule has 1 rings (SSSR count). The first-order valence-corrected chi connectivity index (χ1v) is 6.94. The minimum atomic E-state index is -0.396. The lowest BCUT2D eigenvalue weighted by Crippen LogP contribution is -2.19. The zero-order chi connectivity index (χ0) is 12.4. The molecule has 0 bridgehead atoms. The Labute approximate surface area is 112 Å². The molecule has 0 saturated carbocycles.